The van der Waals surface area contributed by atoms with Crippen LogP contribution >= 0.6 is 0 Å². The van der Waals surface area contributed by atoms with Gasteiger partial charge in [-0.25, -0.2) is 0 Å². The van der Waals surface area contributed by atoms with Crippen LogP contribution in [0.15, 0.2) is 176 Å². The fraction of sp³-hybridized carbons (Fsp3) is 0.0800. The Kier molecular flexibility index (Phi) is 7.51. The summed E-state index contributed by atoms with van der Waals surface area (Å²) >= 11 is 0. The molecule has 0 amide bonds. The minimum atomic E-state index is 0.457. The maximum Gasteiger partial charge on any atom is -0.00200 e. The first-order chi connectivity index (χ1) is 24.7. The minimum absolute atomic E-state index is 0.457. The Morgan fingerprint density at radius 1 is 0.340 bits per heavy atom. The number of hydrogen-bond acceptors (Lipinski definition) is 0. The van der Waals surface area contributed by atoms with Crippen molar-refractivity contribution in [3.8, 4) is 44.5 Å². The Morgan fingerprint density at radius 2 is 0.720 bits per heavy atom. The molecular weight excluding hydrogens is 601 g/mol. The number of fused-ring (bicyclic) bond motifs is 4. The van der Waals surface area contributed by atoms with E-state index in [1.165, 1.54) is 93.2 Å². The molecule has 0 radical (unpaired) electrons. The first kappa shape index (κ1) is 30.1. The Bertz CT molecular complexity index is 2700. The summed E-state index contributed by atoms with van der Waals surface area (Å²) in [5.74, 6) is 0.457. The van der Waals surface area contributed by atoms with E-state index in [2.05, 4.69) is 190 Å². The first-order valence-electron chi connectivity index (χ1n) is 17.8. The van der Waals surface area contributed by atoms with Crippen LogP contribution < -0.4 is 0 Å². The van der Waals surface area contributed by atoms with Crippen molar-refractivity contribution in [2.24, 2.45) is 0 Å². The molecular formula is C50H38. The van der Waals surface area contributed by atoms with E-state index in [-0.39, 0.29) is 0 Å². The highest BCUT2D eigenvalue weighted by Crippen LogP contribution is 2.49. The molecule has 0 nitrogen and oxygen atoms in total. The second kappa shape index (κ2) is 12.5. The molecule has 0 heterocycles. The lowest BCUT2D eigenvalue weighted by Gasteiger charge is -2.23. The maximum absolute atomic E-state index is 2.50. The van der Waals surface area contributed by atoms with Gasteiger partial charge in [-0.05, 0) is 105 Å². The van der Waals surface area contributed by atoms with Crippen molar-refractivity contribution in [2.75, 3.05) is 0 Å². The van der Waals surface area contributed by atoms with Crippen molar-refractivity contribution < 1.29 is 0 Å². The van der Waals surface area contributed by atoms with Gasteiger partial charge in [-0.1, -0.05) is 190 Å². The Balaban J connectivity index is 1.41. The zero-order valence-electron chi connectivity index (χ0n) is 28.5. The van der Waals surface area contributed by atoms with Crippen molar-refractivity contribution >= 4 is 43.1 Å². The molecule has 50 heavy (non-hydrogen) atoms. The molecule has 1 atom stereocenters. The number of benzene rings is 9. The summed E-state index contributed by atoms with van der Waals surface area (Å²) in [5, 5.41) is 10.2. The van der Waals surface area contributed by atoms with Gasteiger partial charge in [0, 0.05) is 0 Å². The van der Waals surface area contributed by atoms with Gasteiger partial charge in [0.05, 0.1) is 0 Å². The van der Waals surface area contributed by atoms with Gasteiger partial charge in [0.2, 0.25) is 0 Å². The molecule has 238 valence electrons. The van der Waals surface area contributed by atoms with E-state index in [1.807, 2.05) is 0 Å². The highest BCUT2D eigenvalue weighted by molar-refractivity contribution is 6.24. The van der Waals surface area contributed by atoms with Crippen LogP contribution in [0.1, 0.15) is 31.7 Å². The molecule has 0 saturated carbocycles. The van der Waals surface area contributed by atoms with Crippen LogP contribution in [0, 0.1) is 0 Å². The van der Waals surface area contributed by atoms with Gasteiger partial charge >= 0.3 is 0 Å². The van der Waals surface area contributed by atoms with Gasteiger partial charge in [-0.2, -0.15) is 0 Å². The molecule has 0 aliphatic rings. The van der Waals surface area contributed by atoms with Crippen LogP contribution in [0.3, 0.4) is 0 Å². The molecule has 0 heteroatoms. The van der Waals surface area contributed by atoms with E-state index in [1.54, 1.807) is 0 Å². The number of hydrogen-bond donors (Lipinski definition) is 0. The largest absolute Gasteiger partial charge is 0.0648 e. The van der Waals surface area contributed by atoms with Crippen LogP contribution in [-0.2, 0) is 0 Å². The fourth-order valence-corrected chi connectivity index (χ4v) is 8.11. The highest BCUT2D eigenvalue weighted by Gasteiger charge is 2.22. The Hall–Kier alpha value is -5.98. The Morgan fingerprint density at radius 3 is 1.24 bits per heavy atom. The SMILES string of the molecule is CCC(C)c1ccc2c(-c3ccccc3-c3cccc4ccccc34)c3ccccc3c(-c3ccccc3-c3cccc4ccccc34)c2c1. The van der Waals surface area contributed by atoms with E-state index in [9.17, 15) is 0 Å². The van der Waals surface area contributed by atoms with Crippen LogP contribution in [0.2, 0.25) is 0 Å². The van der Waals surface area contributed by atoms with Crippen LogP contribution in [0.4, 0.5) is 0 Å². The van der Waals surface area contributed by atoms with Crippen molar-refractivity contribution in [3.05, 3.63) is 181 Å². The molecule has 0 aromatic heterocycles. The van der Waals surface area contributed by atoms with Gasteiger partial charge in [-0.3, -0.25) is 0 Å². The van der Waals surface area contributed by atoms with Gasteiger partial charge in [0.15, 0.2) is 0 Å². The van der Waals surface area contributed by atoms with Crippen molar-refractivity contribution in [3.63, 3.8) is 0 Å². The van der Waals surface area contributed by atoms with Crippen LogP contribution in [-0.4, -0.2) is 0 Å². The summed E-state index contributed by atoms with van der Waals surface area (Å²) < 4.78 is 0. The summed E-state index contributed by atoms with van der Waals surface area (Å²) in [6.07, 6.45) is 1.10. The average molecular weight is 639 g/mol. The molecule has 0 fully saturated rings. The van der Waals surface area contributed by atoms with Crippen molar-refractivity contribution in [1.29, 1.82) is 0 Å². The molecule has 0 saturated heterocycles. The Labute approximate surface area is 294 Å². The monoisotopic (exact) mass is 638 g/mol. The molecule has 0 aliphatic carbocycles. The van der Waals surface area contributed by atoms with E-state index in [4.69, 9.17) is 0 Å². The molecule has 0 aliphatic heterocycles. The van der Waals surface area contributed by atoms with Gasteiger partial charge < -0.3 is 0 Å². The second-order valence-electron chi connectivity index (χ2n) is 13.6. The third kappa shape index (κ3) is 4.91. The normalized spacial score (nSPS) is 12.2. The molecule has 1 unspecified atom stereocenters. The minimum Gasteiger partial charge on any atom is -0.0648 e. The summed E-state index contributed by atoms with van der Waals surface area (Å²) in [6.45, 7) is 4.64. The third-order valence-corrected chi connectivity index (χ3v) is 10.8. The van der Waals surface area contributed by atoms with E-state index < -0.39 is 0 Å². The van der Waals surface area contributed by atoms with Crippen LogP contribution in [0.25, 0.3) is 87.6 Å². The second-order valence-corrected chi connectivity index (χ2v) is 13.6. The van der Waals surface area contributed by atoms with Gasteiger partial charge in [0.1, 0.15) is 0 Å². The number of rotatable bonds is 6. The molecule has 9 aromatic carbocycles. The van der Waals surface area contributed by atoms with Gasteiger partial charge in [0.25, 0.3) is 0 Å². The van der Waals surface area contributed by atoms with Crippen molar-refractivity contribution in [1.82, 2.24) is 0 Å². The molecule has 0 spiro atoms. The zero-order chi connectivity index (χ0) is 33.6. The topological polar surface area (TPSA) is 0 Å². The standard InChI is InChI=1S/C50H38/c1-3-33(2)36-30-31-47-48(32-36)50(44-25-11-9-23-42(44)40-29-15-19-35-17-5-7-21-38(35)40)46-27-13-12-26-45(46)49(47)43-24-10-8-22-41(43)39-28-14-18-34-16-4-6-20-37(34)39/h4-33H,3H2,1-2H3. The lowest BCUT2D eigenvalue weighted by Crippen LogP contribution is -1.97. The maximum atomic E-state index is 2.50. The quantitative estimate of drug-likeness (QED) is 0.159. The molecule has 9 aromatic rings. The van der Waals surface area contributed by atoms with Gasteiger partial charge in [-0.15, -0.1) is 0 Å². The lowest BCUT2D eigenvalue weighted by atomic mass is 9.80. The molecule has 9 rings (SSSR count). The van der Waals surface area contributed by atoms with Crippen molar-refractivity contribution in [2.45, 2.75) is 26.2 Å². The highest BCUT2D eigenvalue weighted by atomic mass is 14.2. The zero-order valence-corrected chi connectivity index (χ0v) is 28.5. The summed E-state index contributed by atoms with van der Waals surface area (Å²) in [5.41, 5.74) is 11.5. The molecule has 0 bridgehead atoms. The fourth-order valence-electron chi connectivity index (χ4n) is 8.11. The first-order valence-corrected chi connectivity index (χ1v) is 17.8. The smallest absolute Gasteiger partial charge is 0.00200 e. The van der Waals surface area contributed by atoms with E-state index >= 15 is 0 Å². The summed E-state index contributed by atoms with van der Waals surface area (Å²) in [7, 11) is 0. The van der Waals surface area contributed by atoms with E-state index in [0.29, 0.717) is 5.92 Å². The summed E-state index contributed by atoms with van der Waals surface area (Å²) in [4.78, 5) is 0. The lowest BCUT2D eigenvalue weighted by molar-refractivity contribution is 0.735. The summed E-state index contributed by atoms with van der Waals surface area (Å²) in [6, 6.07) is 65.2. The average Bonchev–Trinajstić information content (AvgIpc) is 3.19. The molecule has 0 N–H and O–H groups in total. The van der Waals surface area contributed by atoms with Crippen LogP contribution in [0.5, 0.6) is 0 Å². The predicted molar refractivity (Wildman–Crippen MR) is 217 cm³/mol. The van der Waals surface area contributed by atoms with E-state index in [0.717, 1.165) is 6.42 Å². The third-order valence-electron chi connectivity index (χ3n) is 10.8. The predicted octanol–water partition coefficient (Wildman–Crippen LogP) is 14.5.